The third-order valence-electron chi connectivity index (χ3n) is 5.40. The largest absolute Gasteiger partial charge is 0.328 e. The van der Waals surface area contributed by atoms with Crippen LogP contribution in [-0.2, 0) is 0 Å². The average Bonchev–Trinajstić information content (AvgIpc) is 3.14. The van der Waals surface area contributed by atoms with Gasteiger partial charge in [0.1, 0.15) is 11.2 Å². The lowest BCUT2D eigenvalue weighted by molar-refractivity contribution is 0.482. The number of aromatic nitrogens is 3. The molecule has 0 fully saturated rings. The van der Waals surface area contributed by atoms with Crippen LogP contribution in [0.25, 0.3) is 31.8 Å². The Kier molecular flexibility index (Phi) is 4.31. The van der Waals surface area contributed by atoms with E-state index in [0.717, 1.165) is 35.4 Å². The summed E-state index contributed by atoms with van der Waals surface area (Å²) in [6.07, 6.45) is 4.44. The molecule has 0 saturated carbocycles. The van der Waals surface area contributed by atoms with Crippen LogP contribution in [-0.4, -0.2) is 14.5 Å². The molecule has 1 aromatic carbocycles. The van der Waals surface area contributed by atoms with Crippen molar-refractivity contribution >= 4 is 32.6 Å². The van der Waals surface area contributed by atoms with Crippen molar-refractivity contribution in [1.82, 2.24) is 14.5 Å². The maximum absolute atomic E-state index is 5.10. The van der Waals surface area contributed by atoms with Gasteiger partial charge < -0.3 is 4.57 Å². The highest BCUT2D eigenvalue weighted by atomic mass is 32.1. The van der Waals surface area contributed by atoms with Crippen molar-refractivity contribution in [2.24, 2.45) is 0 Å². The smallest absolute Gasteiger partial charge is 0.159 e. The molecule has 3 heterocycles. The van der Waals surface area contributed by atoms with Crippen molar-refractivity contribution in [2.75, 3.05) is 0 Å². The second-order valence-electron chi connectivity index (χ2n) is 7.07. The van der Waals surface area contributed by atoms with Crippen LogP contribution in [0, 0.1) is 20.8 Å². The lowest BCUT2D eigenvalue weighted by Crippen LogP contribution is -2.07. The molecule has 4 rings (SSSR count). The highest BCUT2D eigenvalue weighted by Crippen LogP contribution is 2.39. The summed E-state index contributed by atoms with van der Waals surface area (Å²) < 4.78 is 3.64. The molecule has 0 spiro atoms. The molecule has 0 N–H and O–H groups in total. The van der Waals surface area contributed by atoms with E-state index in [1.807, 2.05) is 11.3 Å². The van der Waals surface area contributed by atoms with E-state index in [1.54, 1.807) is 0 Å². The Morgan fingerprint density at radius 3 is 2.46 bits per heavy atom. The first-order chi connectivity index (χ1) is 12.5. The molecule has 26 heavy (non-hydrogen) atoms. The SMILES string of the molecule is CCC(CC)n1cc(C)c2nc(-c3sc4ccccc4c3C)c(C)nc21. The van der Waals surface area contributed by atoms with Gasteiger partial charge in [0.15, 0.2) is 5.65 Å². The lowest BCUT2D eigenvalue weighted by atomic mass is 10.1. The number of fused-ring (bicyclic) bond motifs is 2. The van der Waals surface area contributed by atoms with Crippen LogP contribution in [0.3, 0.4) is 0 Å². The fraction of sp³-hybridized carbons (Fsp3) is 0.364. The Balaban J connectivity index is 1.95. The second kappa shape index (κ2) is 6.51. The number of rotatable bonds is 4. The molecule has 0 bridgehead atoms. The summed E-state index contributed by atoms with van der Waals surface area (Å²) >= 11 is 1.82. The van der Waals surface area contributed by atoms with Gasteiger partial charge in [-0.2, -0.15) is 0 Å². The minimum Gasteiger partial charge on any atom is -0.328 e. The highest BCUT2D eigenvalue weighted by Gasteiger charge is 2.19. The zero-order valence-electron chi connectivity index (χ0n) is 16.1. The van der Waals surface area contributed by atoms with Crippen LogP contribution in [0.5, 0.6) is 0 Å². The molecule has 4 heteroatoms. The fourth-order valence-corrected chi connectivity index (χ4v) is 5.11. The third kappa shape index (κ3) is 2.55. The molecule has 0 aliphatic rings. The number of nitrogens with zero attached hydrogens (tertiary/aromatic N) is 3. The lowest BCUT2D eigenvalue weighted by Gasteiger charge is -2.16. The maximum atomic E-state index is 5.10. The molecular weight excluding hydrogens is 338 g/mol. The van der Waals surface area contributed by atoms with E-state index in [-0.39, 0.29) is 0 Å². The van der Waals surface area contributed by atoms with Gasteiger partial charge in [-0.3, -0.25) is 0 Å². The molecule has 3 aromatic heterocycles. The molecule has 0 atom stereocenters. The van der Waals surface area contributed by atoms with E-state index in [0.29, 0.717) is 6.04 Å². The molecule has 0 amide bonds. The number of benzene rings is 1. The predicted octanol–water partition coefficient (Wildman–Crippen LogP) is 6.60. The van der Waals surface area contributed by atoms with Crippen LogP contribution in [0.15, 0.2) is 30.5 Å². The Bertz CT molecular complexity index is 1100. The van der Waals surface area contributed by atoms with Crippen LogP contribution in [0.4, 0.5) is 0 Å². The van der Waals surface area contributed by atoms with Crippen LogP contribution in [0.2, 0.25) is 0 Å². The Hall–Kier alpha value is -2.20. The molecule has 3 nitrogen and oxygen atoms in total. The van der Waals surface area contributed by atoms with Crippen molar-refractivity contribution < 1.29 is 0 Å². The summed E-state index contributed by atoms with van der Waals surface area (Å²) in [6.45, 7) is 10.9. The Morgan fingerprint density at radius 1 is 1.04 bits per heavy atom. The van der Waals surface area contributed by atoms with E-state index in [4.69, 9.17) is 9.97 Å². The minimum atomic E-state index is 0.483. The first kappa shape index (κ1) is 17.2. The minimum absolute atomic E-state index is 0.483. The van der Waals surface area contributed by atoms with E-state index >= 15 is 0 Å². The topological polar surface area (TPSA) is 30.7 Å². The molecule has 0 aliphatic carbocycles. The van der Waals surface area contributed by atoms with Crippen LogP contribution in [0.1, 0.15) is 49.6 Å². The summed E-state index contributed by atoms with van der Waals surface area (Å²) in [5.41, 5.74) is 6.61. The summed E-state index contributed by atoms with van der Waals surface area (Å²) in [4.78, 5) is 11.4. The van der Waals surface area contributed by atoms with Gasteiger partial charge in [-0.25, -0.2) is 9.97 Å². The van der Waals surface area contributed by atoms with Crippen LogP contribution < -0.4 is 0 Å². The molecule has 0 saturated heterocycles. The van der Waals surface area contributed by atoms with Gasteiger partial charge in [0, 0.05) is 16.9 Å². The summed E-state index contributed by atoms with van der Waals surface area (Å²) in [6, 6.07) is 9.07. The number of hydrogen-bond acceptors (Lipinski definition) is 3. The number of aryl methyl sites for hydroxylation is 3. The highest BCUT2D eigenvalue weighted by molar-refractivity contribution is 7.22. The van der Waals surface area contributed by atoms with E-state index in [2.05, 4.69) is 69.6 Å². The van der Waals surface area contributed by atoms with Gasteiger partial charge in [-0.05, 0) is 56.2 Å². The van der Waals surface area contributed by atoms with Crippen LogP contribution >= 0.6 is 11.3 Å². The third-order valence-corrected chi connectivity index (χ3v) is 6.68. The van der Waals surface area contributed by atoms with Crippen molar-refractivity contribution in [2.45, 2.75) is 53.5 Å². The fourth-order valence-electron chi connectivity index (χ4n) is 3.86. The first-order valence-corrected chi connectivity index (χ1v) is 10.2. The average molecular weight is 364 g/mol. The maximum Gasteiger partial charge on any atom is 0.159 e. The van der Waals surface area contributed by atoms with Gasteiger partial charge in [0.05, 0.1) is 10.6 Å². The zero-order chi connectivity index (χ0) is 18.4. The number of hydrogen-bond donors (Lipinski definition) is 0. The van der Waals surface area contributed by atoms with E-state index in [1.165, 1.54) is 26.1 Å². The summed E-state index contributed by atoms with van der Waals surface area (Å²) in [5.74, 6) is 0. The van der Waals surface area contributed by atoms with Gasteiger partial charge in [-0.1, -0.05) is 32.0 Å². The second-order valence-corrected chi connectivity index (χ2v) is 8.12. The van der Waals surface area contributed by atoms with Gasteiger partial charge in [0.25, 0.3) is 0 Å². The predicted molar refractivity (Wildman–Crippen MR) is 112 cm³/mol. The quantitative estimate of drug-likeness (QED) is 0.409. The van der Waals surface area contributed by atoms with Crippen molar-refractivity contribution in [3.8, 4) is 10.6 Å². The van der Waals surface area contributed by atoms with E-state index < -0.39 is 0 Å². The van der Waals surface area contributed by atoms with Crippen molar-refractivity contribution in [3.63, 3.8) is 0 Å². The normalized spacial score (nSPS) is 11.9. The van der Waals surface area contributed by atoms with Gasteiger partial charge in [-0.15, -0.1) is 11.3 Å². The molecule has 0 aliphatic heterocycles. The summed E-state index contributed by atoms with van der Waals surface area (Å²) in [7, 11) is 0. The van der Waals surface area contributed by atoms with Crippen molar-refractivity contribution in [3.05, 3.63) is 47.3 Å². The molecule has 134 valence electrons. The molecule has 0 radical (unpaired) electrons. The van der Waals surface area contributed by atoms with Crippen molar-refractivity contribution in [1.29, 1.82) is 0 Å². The summed E-state index contributed by atoms with van der Waals surface area (Å²) in [5, 5.41) is 1.32. The molecule has 4 aromatic rings. The molecule has 0 unspecified atom stereocenters. The first-order valence-electron chi connectivity index (χ1n) is 9.39. The monoisotopic (exact) mass is 363 g/mol. The van der Waals surface area contributed by atoms with Gasteiger partial charge in [0.2, 0.25) is 0 Å². The number of thiophene rings is 1. The van der Waals surface area contributed by atoms with E-state index in [9.17, 15) is 0 Å². The van der Waals surface area contributed by atoms with Gasteiger partial charge >= 0.3 is 0 Å². The standard InChI is InChI=1S/C22H25N3S/c1-6-16(7-2)25-12-13(3)19-22(25)23-15(5)20(24-19)21-14(4)17-10-8-9-11-18(17)26-21/h8-12,16H,6-7H2,1-5H3. The molecular formula is C22H25N3S. The zero-order valence-corrected chi connectivity index (χ0v) is 16.9. The Labute approximate surface area is 158 Å². The Morgan fingerprint density at radius 2 is 1.77 bits per heavy atom.